The molecule has 0 aliphatic carbocycles. The highest BCUT2D eigenvalue weighted by molar-refractivity contribution is 5.80. The number of fused-ring (bicyclic) bond motifs is 1. The van der Waals surface area contributed by atoms with Crippen LogP contribution in [0.3, 0.4) is 0 Å². The van der Waals surface area contributed by atoms with Gasteiger partial charge in [0.1, 0.15) is 5.75 Å². The molecular formula is C12H13NO3. The van der Waals surface area contributed by atoms with E-state index in [-0.39, 0.29) is 12.0 Å². The zero-order valence-electron chi connectivity index (χ0n) is 9.20. The fourth-order valence-electron chi connectivity index (χ4n) is 1.75. The van der Waals surface area contributed by atoms with Crippen molar-refractivity contribution in [2.45, 2.75) is 13.5 Å². The highest BCUT2D eigenvalue weighted by Crippen LogP contribution is 2.18. The lowest BCUT2D eigenvalue weighted by molar-refractivity contribution is 0.279. The summed E-state index contributed by atoms with van der Waals surface area (Å²) < 4.78 is 5.07. The highest BCUT2D eigenvalue weighted by atomic mass is 16.5. The molecule has 1 aromatic carbocycles. The largest absolute Gasteiger partial charge is 0.497 e. The van der Waals surface area contributed by atoms with Crippen molar-refractivity contribution in [3.8, 4) is 5.75 Å². The van der Waals surface area contributed by atoms with E-state index in [1.807, 2.05) is 0 Å². The number of aliphatic hydroxyl groups is 1. The van der Waals surface area contributed by atoms with Crippen molar-refractivity contribution in [2.24, 2.45) is 0 Å². The predicted molar refractivity (Wildman–Crippen MR) is 61.8 cm³/mol. The van der Waals surface area contributed by atoms with Crippen LogP contribution < -0.4 is 10.2 Å². The lowest BCUT2D eigenvalue weighted by atomic mass is 10.1. The van der Waals surface area contributed by atoms with Crippen LogP contribution in [0, 0.1) is 6.92 Å². The second kappa shape index (κ2) is 3.98. The quantitative estimate of drug-likeness (QED) is 0.801. The van der Waals surface area contributed by atoms with Gasteiger partial charge in [-0.3, -0.25) is 4.79 Å². The molecule has 2 N–H and O–H groups in total. The standard InChI is InChI=1S/C12H13NO3/c1-7-10(6-14)12(15)9-5-8(16-2)3-4-11(9)13-7/h3-5,14H,6H2,1-2H3,(H,13,15). The summed E-state index contributed by atoms with van der Waals surface area (Å²) in [6.07, 6.45) is 0. The van der Waals surface area contributed by atoms with Gasteiger partial charge < -0.3 is 14.8 Å². The Kier molecular flexibility index (Phi) is 2.66. The molecule has 0 bridgehead atoms. The van der Waals surface area contributed by atoms with E-state index in [1.54, 1.807) is 32.2 Å². The molecule has 0 aliphatic heterocycles. The molecule has 2 aromatic rings. The first-order valence-corrected chi connectivity index (χ1v) is 4.97. The van der Waals surface area contributed by atoms with Gasteiger partial charge in [0.05, 0.1) is 13.7 Å². The Labute approximate surface area is 92.5 Å². The van der Waals surface area contributed by atoms with E-state index in [9.17, 15) is 4.79 Å². The van der Waals surface area contributed by atoms with Crippen LogP contribution in [0.15, 0.2) is 23.0 Å². The third-order valence-electron chi connectivity index (χ3n) is 2.68. The number of aromatic amines is 1. The minimum Gasteiger partial charge on any atom is -0.497 e. The average Bonchev–Trinajstić information content (AvgIpc) is 2.29. The molecule has 1 heterocycles. The maximum Gasteiger partial charge on any atom is 0.195 e. The molecule has 0 atom stereocenters. The summed E-state index contributed by atoms with van der Waals surface area (Å²) >= 11 is 0. The number of H-pyrrole nitrogens is 1. The lowest BCUT2D eigenvalue weighted by Crippen LogP contribution is -2.13. The SMILES string of the molecule is COc1ccc2[nH]c(C)c(CO)c(=O)c2c1. The van der Waals surface area contributed by atoms with Gasteiger partial charge in [0, 0.05) is 22.2 Å². The number of nitrogens with one attached hydrogen (secondary N) is 1. The minimum atomic E-state index is -0.256. The van der Waals surface area contributed by atoms with Crippen LogP contribution in [0.4, 0.5) is 0 Å². The maximum absolute atomic E-state index is 12.0. The van der Waals surface area contributed by atoms with Crippen LogP contribution in [0.25, 0.3) is 10.9 Å². The minimum absolute atomic E-state index is 0.146. The molecule has 2 rings (SSSR count). The predicted octanol–water partition coefficient (Wildman–Crippen LogP) is 1.34. The van der Waals surface area contributed by atoms with Crippen LogP contribution in [-0.2, 0) is 6.61 Å². The molecule has 0 unspecified atom stereocenters. The van der Waals surface area contributed by atoms with Crippen LogP contribution in [0.2, 0.25) is 0 Å². The van der Waals surface area contributed by atoms with Crippen LogP contribution in [0.1, 0.15) is 11.3 Å². The lowest BCUT2D eigenvalue weighted by Gasteiger charge is -2.07. The third kappa shape index (κ3) is 1.57. The van der Waals surface area contributed by atoms with Gasteiger partial charge in [0.15, 0.2) is 5.43 Å². The van der Waals surface area contributed by atoms with Gasteiger partial charge in [0.2, 0.25) is 0 Å². The highest BCUT2D eigenvalue weighted by Gasteiger charge is 2.08. The molecule has 0 saturated carbocycles. The summed E-state index contributed by atoms with van der Waals surface area (Å²) in [7, 11) is 1.55. The van der Waals surface area contributed by atoms with Crippen molar-refractivity contribution in [3.05, 3.63) is 39.7 Å². The van der Waals surface area contributed by atoms with E-state index in [4.69, 9.17) is 9.84 Å². The van der Waals surface area contributed by atoms with Crippen molar-refractivity contribution in [1.29, 1.82) is 0 Å². The Morgan fingerprint density at radius 1 is 1.44 bits per heavy atom. The topological polar surface area (TPSA) is 62.3 Å². The first-order chi connectivity index (χ1) is 7.67. The van der Waals surface area contributed by atoms with Gasteiger partial charge in [-0.25, -0.2) is 0 Å². The summed E-state index contributed by atoms with van der Waals surface area (Å²) in [4.78, 5) is 15.1. The Morgan fingerprint density at radius 3 is 2.81 bits per heavy atom. The van der Waals surface area contributed by atoms with Crippen molar-refractivity contribution < 1.29 is 9.84 Å². The molecule has 0 aliphatic rings. The second-order valence-corrected chi connectivity index (χ2v) is 3.63. The number of ether oxygens (including phenoxy) is 1. The van der Waals surface area contributed by atoms with Crippen molar-refractivity contribution in [3.63, 3.8) is 0 Å². The van der Waals surface area contributed by atoms with Gasteiger partial charge in [-0.15, -0.1) is 0 Å². The first-order valence-electron chi connectivity index (χ1n) is 4.97. The van der Waals surface area contributed by atoms with Crippen molar-refractivity contribution in [1.82, 2.24) is 4.98 Å². The molecule has 84 valence electrons. The van der Waals surface area contributed by atoms with Gasteiger partial charge >= 0.3 is 0 Å². The van der Waals surface area contributed by atoms with E-state index in [1.165, 1.54) is 0 Å². The van der Waals surface area contributed by atoms with Gasteiger partial charge in [-0.05, 0) is 25.1 Å². The summed E-state index contributed by atoms with van der Waals surface area (Å²) in [5.74, 6) is 0.630. The second-order valence-electron chi connectivity index (χ2n) is 3.63. The number of rotatable bonds is 2. The molecule has 1 aromatic heterocycles. The van der Waals surface area contributed by atoms with E-state index >= 15 is 0 Å². The Bertz CT molecular complexity index is 587. The van der Waals surface area contributed by atoms with Gasteiger partial charge in [0.25, 0.3) is 0 Å². The number of benzene rings is 1. The van der Waals surface area contributed by atoms with Crippen LogP contribution >= 0.6 is 0 Å². The summed E-state index contributed by atoms with van der Waals surface area (Å²) in [6, 6.07) is 5.26. The molecule has 0 fully saturated rings. The van der Waals surface area contributed by atoms with Crippen molar-refractivity contribution in [2.75, 3.05) is 7.11 Å². The zero-order chi connectivity index (χ0) is 11.7. The Hall–Kier alpha value is -1.81. The smallest absolute Gasteiger partial charge is 0.195 e. The molecule has 0 saturated heterocycles. The zero-order valence-corrected chi connectivity index (χ0v) is 9.20. The number of pyridine rings is 1. The van der Waals surface area contributed by atoms with Crippen LogP contribution in [0.5, 0.6) is 5.75 Å². The van der Waals surface area contributed by atoms with Crippen LogP contribution in [-0.4, -0.2) is 17.2 Å². The van der Waals surface area contributed by atoms with Gasteiger partial charge in [-0.1, -0.05) is 0 Å². The normalized spacial score (nSPS) is 10.7. The maximum atomic E-state index is 12.0. The number of aliphatic hydroxyl groups excluding tert-OH is 1. The number of hydrogen-bond acceptors (Lipinski definition) is 3. The van der Waals surface area contributed by atoms with E-state index in [2.05, 4.69) is 4.98 Å². The molecule has 4 nitrogen and oxygen atoms in total. The Balaban J connectivity index is 2.84. The van der Waals surface area contributed by atoms with E-state index in [0.717, 1.165) is 5.52 Å². The van der Waals surface area contributed by atoms with Gasteiger partial charge in [-0.2, -0.15) is 0 Å². The fraction of sp³-hybridized carbons (Fsp3) is 0.250. The summed E-state index contributed by atoms with van der Waals surface area (Å²) in [6.45, 7) is 1.52. The number of methoxy groups -OCH3 is 1. The monoisotopic (exact) mass is 219 g/mol. The molecule has 0 radical (unpaired) electrons. The number of aryl methyl sites for hydroxylation is 1. The van der Waals surface area contributed by atoms with Crippen molar-refractivity contribution >= 4 is 10.9 Å². The average molecular weight is 219 g/mol. The number of aromatic nitrogens is 1. The third-order valence-corrected chi connectivity index (χ3v) is 2.68. The molecule has 0 spiro atoms. The first kappa shape index (κ1) is 10.7. The molecule has 16 heavy (non-hydrogen) atoms. The summed E-state index contributed by atoms with van der Waals surface area (Å²) in [5, 5.41) is 9.67. The van der Waals surface area contributed by atoms with E-state index < -0.39 is 0 Å². The molecule has 4 heteroatoms. The molecule has 0 amide bonds. The molecular weight excluding hydrogens is 206 g/mol. The Morgan fingerprint density at radius 2 is 2.19 bits per heavy atom. The number of hydrogen-bond donors (Lipinski definition) is 2. The fourth-order valence-corrected chi connectivity index (χ4v) is 1.75. The summed E-state index contributed by atoms with van der Waals surface area (Å²) in [5.41, 5.74) is 1.71. The van der Waals surface area contributed by atoms with E-state index in [0.29, 0.717) is 22.4 Å².